The molecule has 0 aromatic heterocycles. The molecule has 2 rings (SSSR count). The second-order valence-electron chi connectivity index (χ2n) is 4.83. The van der Waals surface area contributed by atoms with Crippen LogP contribution in [0.25, 0.3) is 0 Å². The minimum atomic E-state index is -0.904. The van der Waals surface area contributed by atoms with Crippen LogP contribution in [0, 0.1) is 0 Å². The molecule has 2 aromatic carbocycles. The van der Waals surface area contributed by atoms with Gasteiger partial charge in [-0.25, -0.2) is 4.79 Å². The molecule has 0 aliphatic carbocycles. The van der Waals surface area contributed by atoms with Crippen molar-refractivity contribution in [3.8, 4) is 0 Å². The van der Waals surface area contributed by atoms with Crippen molar-refractivity contribution >= 4 is 52.4 Å². The quantitative estimate of drug-likeness (QED) is 0.624. The van der Waals surface area contributed by atoms with Crippen LogP contribution in [0.3, 0.4) is 0 Å². The van der Waals surface area contributed by atoms with E-state index in [2.05, 4.69) is 10.6 Å². The number of hydrogen-bond acceptors (Lipinski definition) is 4. The molecule has 130 valence electrons. The number of amides is 2. The number of benzene rings is 2. The zero-order valence-electron chi connectivity index (χ0n) is 13.1. The zero-order valence-corrected chi connectivity index (χ0v) is 14.6. The van der Waals surface area contributed by atoms with Crippen LogP contribution in [-0.4, -0.2) is 24.4 Å². The largest absolute Gasteiger partial charge is 0.462 e. The molecule has 2 amide bonds. The highest BCUT2D eigenvalue weighted by Crippen LogP contribution is 2.25. The lowest BCUT2D eigenvalue weighted by molar-refractivity contribution is -0.132. The van der Waals surface area contributed by atoms with Crippen LogP contribution in [0.5, 0.6) is 0 Å². The van der Waals surface area contributed by atoms with E-state index in [1.165, 1.54) is 36.4 Å². The Kier molecular flexibility index (Phi) is 6.38. The molecule has 0 saturated heterocycles. The fourth-order valence-electron chi connectivity index (χ4n) is 1.86. The summed E-state index contributed by atoms with van der Waals surface area (Å²) in [7, 11) is 0. The molecular formula is C17H14Cl2N2O4. The van der Waals surface area contributed by atoms with Gasteiger partial charge in [0.1, 0.15) is 0 Å². The molecule has 0 unspecified atom stereocenters. The van der Waals surface area contributed by atoms with E-state index < -0.39 is 17.8 Å². The molecular weight excluding hydrogens is 367 g/mol. The third kappa shape index (κ3) is 5.20. The Balaban J connectivity index is 2.00. The van der Waals surface area contributed by atoms with E-state index in [-0.39, 0.29) is 17.3 Å². The normalized spacial score (nSPS) is 10.0. The van der Waals surface area contributed by atoms with Crippen molar-refractivity contribution in [2.45, 2.75) is 6.92 Å². The third-order valence-electron chi connectivity index (χ3n) is 3.04. The molecule has 0 atom stereocenters. The monoisotopic (exact) mass is 380 g/mol. The van der Waals surface area contributed by atoms with Gasteiger partial charge in [0.05, 0.1) is 22.9 Å². The lowest BCUT2D eigenvalue weighted by Gasteiger charge is -2.09. The first kappa shape index (κ1) is 18.8. The third-order valence-corrected chi connectivity index (χ3v) is 3.60. The van der Waals surface area contributed by atoms with Gasteiger partial charge in [0.15, 0.2) is 0 Å². The van der Waals surface area contributed by atoms with Gasteiger partial charge in [-0.1, -0.05) is 23.2 Å². The number of esters is 1. The summed E-state index contributed by atoms with van der Waals surface area (Å²) in [5.74, 6) is -2.26. The van der Waals surface area contributed by atoms with Crippen LogP contribution < -0.4 is 10.6 Å². The summed E-state index contributed by atoms with van der Waals surface area (Å²) in [6.07, 6.45) is 0. The van der Waals surface area contributed by atoms with Gasteiger partial charge in [-0.2, -0.15) is 0 Å². The lowest BCUT2D eigenvalue weighted by atomic mass is 10.2. The molecule has 0 bridgehead atoms. The fourth-order valence-corrected chi connectivity index (χ4v) is 2.20. The molecule has 0 aliphatic rings. The van der Waals surface area contributed by atoms with E-state index in [0.717, 1.165) is 0 Å². The molecule has 0 fully saturated rings. The highest BCUT2D eigenvalue weighted by molar-refractivity contribution is 6.45. The van der Waals surface area contributed by atoms with E-state index in [0.29, 0.717) is 16.3 Å². The minimum Gasteiger partial charge on any atom is -0.462 e. The Morgan fingerprint density at radius 3 is 2.24 bits per heavy atom. The van der Waals surface area contributed by atoms with E-state index in [4.69, 9.17) is 27.9 Å². The second kappa shape index (κ2) is 8.50. The number of carbonyl (C=O) groups excluding carboxylic acids is 3. The smallest absolute Gasteiger partial charge is 0.338 e. The standard InChI is InChI=1S/C17H14Cl2N2O4/c1-2-25-17(24)10-3-6-12(7-4-10)20-15(22)16(23)21-14-9-11(18)5-8-13(14)19/h3-9H,2H2,1H3,(H,20,22)(H,21,23). The first-order valence-electron chi connectivity index (χ1n) is 7.25. The summed E-state index contributed by atoms with van der Waals surface area (Å²) >= 11 is 11.8. The summed E-state index contributed by atoms with van der Waals surface area (Å²) in [6.45, 7) is 1.97. The van der Waals surface area contributed by atoms with E-state index in [1.807, 2.05) is 0 Å². The van der Waals surface area contributed by atoms with Crippen molar-refractivity contribution in [1.29, 1.82) is 0 Å². The topological polar surface area (TPSA) is 84.5 Å². The number of halogens is 2. The van der Waals surface area contributed by atoms with Gasteiger partial charge in [-0.3, -0.25) is 9.59 Å². The van der Waals surface area contributed by atoms with Crippen LogP contribution in [0.2, 0.25) is 10.0 Å². The van der Waals surface area contributed by atoms with E-state index in [1.54, 1.807) is 13.0 Å². The second-order valence-corrected chi connectivity index (χ2v) is 5.67. The SMILES string of the molecule is CCOC(=O)c1ccc(NC(=O)C(=O)Nc2cc(Cl)ccc2Cl)cc1. The van der Waals surface area contributed by atoms with Gasteiger partial charge in [0, 0.05) is 10.7 Å². The summed E-state index contributed by atoms with van der Waals surface area (Å²) < 4.78 is 4.86. The number of carbonyl (C=O) groups is 3. The Morgan fingerprint density at radius 1 is 0.960 bits per heavy atom. The zero-order chi connectivity index (χ0) is 18.4. The minimum absolute atomic E-state index is 0.229. The van der Waals surface area contributed by atoms with E-state index >= 15 is 0 Å². The Bertz CT molecular complexity index is 807. The summed E-state index contributed by atoms with van der Waals surface area (Å²) in [5, 5.41) is 5.41. The van der Waals surface area contributed by atoms with Crippen LogP contribution in [0.15, 0.2) is 42.5 Å². The molecule has 25 heavy (non-hydrogen) atoms. The Morgan fingerprint density at radius 2 is 1.60 bits per heavy atom. The molecule has 0 aliphatic heterocycles. The van der Waals surface area contributed by atoms with Crippen LogP contribution in [-0.2, 0) is 14.3 Å². The van der Waals surface area contributed by atoms with Crippen LogP contribution in [0.4, 0.5) is 11.4 Å². The predicted octanol–water partition coefficient (Wildman–Crippen LogP) is 3.75. The molecule has 8 heteroatoms. The summed E-state index contributed by atoms with van der Waals surface area (Å²) in [6, 6.07) is 10.5. The summed E-state index contributed by atoms with van der Waals surface area (Å²) in [5.41, 5.74) is 0.923. The highest BCUT2D eigenvalue weighted by atomic mass is 35.5. The Labute approximate surface area is 154 Å². The first-order valence-corrected chi connectivity index (χ1v) is 8.01. The average Bonchev–Trinajstić information content (AvgIpc) is 2.59. The van der Waals surface area contributed by atoms with Crippen molar-refractivity contribution in [3.05, 3.63) is 58.1 Å². The van der Waals surface area contributed by atoms with Crippen molar-refractivity contribution < 1.29 is 19.1 Å². The van der Waals surface area contributed by atoms with E-state index in [9.17, 15) is 14.4 Å². The number of rotatable bonds is 4. The Hall–Kier alpha value is -2.57. The molecule has 2 N–H and O–H groups in total. The van der Waals surface area contributed by atoms with Gasteiger partial charge >= 0.3 is 17.8 Å². The maximum atomic E-state index is 11.9. The van der Waals surface area contributed by atoms with Crippen molar-refractivity contribution in [3.63, 3.8) is 0 Å². The van der Waals surface area contributed by atoms with Crippen molar-refractivity contribution in [2.24, 2.45) is 0 Å². The maximum Gasteiger partial charge on any atom is 0.338 e. The van der Waals surface area contributed by atoms with Gasteiger partial charge in [-0.05, 0) is 49.4 Å². The number of nitrogens with one attached hydrogen (secondary N) is 2. The van der Waals surface area contributed by atoms with Crippen molar-refractivity contribution in [1.82, 2.24) is 0 Å². The number of hydrogen-bond donors (Lipinski definition) is 2. The molecule has 0 spiro atoms. The molecule has 0 saturated carbocycles. The molecule has 2 aromatic rings. The predicted molar refractivity (Wildman–Crippen MR) is 96.1 cm³/mol. The van der Waals surface area contributed by atoms with Gasteiger partial charge in [0.25, 0.3) is 0 Å². The van der Waals surface area contributed by atoms with Crippen LogP contribution in [0.1, 0.15) is 17.3 Å². The highest BCUT2D eigenvalue weighted by Gasteiger charge is 2.16. The molecule has 0 radical (unpaired) electrons. The molecule has 0 heterocycles. The molecule has 6 nitrogen and oxygen atoms in total. The van der Waals surface area contributed by atoms with Gasteiger partial charge in [0.2, 0.25) is 0 Å². The fraction of sp³-hybridized carbons (Fsp3) is 0.118. The lowest BCUT2D eigenvalue weighted by Crippen LogP contribution is -2.29. The number of ether oxygens (including phenoxy) is 1. The van der Waals surface area contributed by atoms with Crippen molar-refractivity contribution in [2.75, 3.05) is 17.2 Å². The number of anilines is 2. The first-order chi connectivity index (χ1) is 11.9. The van der Waals surface area contributed by atoms with Crippen LogP contribution >= 0.6 is 23.2 Å². The van der Waals surface area contributed by atoms with Gasteiger partial charge < -0.3 is 15.4 Å². The average molecular weight is 381 g/mol. The van der Waals surface area contributed by atoms with Gasteiger partial charge in [-0.15, -0.1) is 0 Å². The summed E-state index contributed by atoms with van der Waals surface area (Å²) in [4.78, 5) is 35.4. The maximum absolute atomic E-state index is 11.9.